The second kappa shape index (κ2) is 11.3. The number of benzene rings is 1. The zero-order valence-corrected chi connectivity index (χ0v) is 19.0. The maximum atomic E-state index is 13.1. The molecule has 0 saturated carbocycles. The summed E-state index contributed by atoms with van der Waals surface area (Å²) >= 11 is 12.0. The van der Waals surface area contributed by atoms with E-state index in [-0.39, 0.29) is 56.4 Å². The lowest BCUT2D eigenvalue weighted by molar-refractivity contribution is -0.149. The molecule has 0 aromatic heterocycles. The molecule has 0 unspecified atom stereocenters. The molecule has 10 heteroatoms. The second-order valence-electron chi connectivity index (χ2n) is 7.90. The summed E-state index contributed by atoms with van der Waals surface area (Å²) in [4.78, 5) is 26.7. The van der Waals surface area contributed by atoms with Gasteiger partial charge in [-0.3, -0.25) is 4.79 Å². The normalized spacial score (nSPS) is 26.4. The fraction of sp³-hybridized carbons (Fsp3) is 0.619. The molecule has 1 aromatic rings. The molecule has 2 aliphatic heterocycles. The van der Waals surface area contributed by atoms with E-state index in [1.54, 1.807) is 23.1 Å². The van der Waals surface area contributed by atoms with Crippen LogP contribution in [0.3, 0.4) is 0 Å². The Kier molecular flexibility index (Phi) is 8.80. The molecular weight excluding hydrogens is 445 g/mol. The Bertz CT molecular complexity index is 781. The van der Waals surface area contributed by atoms with Crippen LogP contribution in [0.1, 0.15) is 32.6 Å². The lowest BCUT2D eigenvalue weighted by atomic mass is 9.95. The smallest absolute Gasteiger partial charge is 0.322 e. The van der Waals surface area contributed by atoms with Gasteiger partial charge in [-0.15, -0.1) is 0 Å². The SMILES string of the molecule is CCCNC(=O)C[C@@H]1CC[C@@H]2[C@H](COC[C@H](O)CN2C(=O)Nc2ccc(Cl)c(Cl)c2)O1. The second-order valence-corrected chi connectivity index (χ2v) is 8.71. The number of amides is 3. The van der Waals surface area contributed by atoms with Gasteiger partial charge in [-0.05, 0) is 37.5 Å². The molecule has 0 spiro atoms. The highest BCUT2D eigenvalue weighted by Gasteiger charge is 2.40. The van der Waals surface area contributed by atoms with Crippen LogP contribution in [-0.4, -0.2) is 72.6 Å². The van der Waals surface area contributed by atoms with E-state index in [2.05, 4.69) is 10.6 Å². The first-order chi connectivity index (χ1) is 14.9. The van der Waals surface area contributed by atoms with Gasteiger partial charge in [-0.1, -0.05) is 30.1 Å². The molecule has 0 bridgehead atoms. The summed E-state index contributed by atoms with van der Waals surface area (Å²) in [6.45, 7) is 3.09. The van der Waals surface area contributed by atoms with E-state index in [0.717, 1.165) is 6.42 Å². The van der Waals surface area contributed by atoms with E-state index >= 15 is 0 Å². The topological polar surface area (TPSA) is 100 Å². The highest BCUT2D eigenvalue weighted by Crippen LogP contribution is 2.29. The number of hydrogen-bond acceptors (Lipinski definition) is 5. The van der Waals surface area contributed by atoms with Gasteiger partial charge >= 0.3 is 6.03 Å². The summed E-state index contributed by atoms with van der Waals surface area (Å²) in [6.07, 6.45) is 1.01. The number of ether oxygens (including phenoxy) is 2. The Balaban J connectivity index is 1.68. The highest BCUT2D eigenvalue weighted by molar-refractivity contribution is 6.42. The van der Waals surface area contributed by atoms with Crippen LogP contribution >= 0.6 is 23.2 Å². The predicted octanol–water partition coefficient (Wildman–Crippen LogP) is 3.05. The third-order valence-corrected chi connectivity index (χ3v) is 6.14. The van der Waals surface area contributed by atoms with Crippen molar-refractivity contribution in [1.29, 1.82) is 0 Å². The largest absolute Gasteiger partial charge is 0.389 e. The minimum Gasteiger partial charge on any atom is -0.389 e. The van der Waals surface area contributed by atoms with Crippen molar-refractivity contribution < 1.29 is 24.2 Å². The third kappa shape index (κ3) is 6.70. The molecule has 2 fully saturated rings. The van der Waals surface area contributed by atoms with Crippen molar-refractivity contribution in [2.45, 2.75) is 57.0 Å². The van der Waals surface area contributed by atoms with Crippen molar-refractivity contribution in [2.75, 3.05) is 31.6 Å². The Morgan fingerprint density at radius 2 is 2.03 bits per heavy atom. The predicted molar refractivity (Wildman–Crippen MR) is 119 cm³/mol. The molecule has 2 heterocycles. The van der Waals surface area contributed by atoms with Crippen molar-refractivity contribution in [1.82, 2.24) is 10.2 Å². The quantitative estimate of drug-likeness (QED) is 0.609. The minimum atomic E-state index is -0.807. The zero-order chi connectivity index (χ0) is 22.4. The van der Waals surface area contributed by atoms with Gasteiger partial charge in [0.15, 0.2) is 0 Å². The van der Waals surface area contributed by atoms with Crippen molar-refractivity contribution >= 4 is 40.8 Å². The van der Waals surface area contributed by atoms with Gasteiger partial charge in [0.2, 0.25) is 5.91 Å². The fourth-order valence-electron chi connectivity index (χ4n) is 3.89. The number of anilines is 1. The van der Waals surface area contributed by atoms with Gasteiger partial charge < -0.3 is 30.1 Å². The number of hydrogen-bond donors (Lipinski definition) is 3. The molecule has 1 aromatic carbocycles. The molecule has 0 radical (unpaired) electrons. The van der Waals surface area contributed by atoms with E-state index in [1.165, 1.54) is 0 Å². The van der Waals surface area contributed by atoms with Crippen molar-refractivity contribution in [3.8, 4) is 0 Å². The summed E-state index contributed by atoms with van der Waals surface area (Å²) in [5, 5.41) is 16.7. The Morgan fingerprint density at radius 3 is 2.77 bits per heavy atom. The van der Waals surface area contributed by atoms with E-state index in [0.29, 0.717) is 35.1 Å². The number of β-amino-alcohol motifs (C(OH)–C–C–N with tert-alkyl or cyclic N) is 1. The zero-order valence-electron chi connectivity index (χ0n) is 17.5. The van der Waals surface area contributed by atoms with E-state index in [4.69, 9.17) is 32.7 Å². The van der Waals surface area contributed by atoms with E-state index < -0.39 is 6.10 Å². The van der Waals surface area contributed by atoms with Crippen LogP contribution in [0.25, 0.3) is 0 Å². The van der Waals surface area contributed by atoms with Crippen LogP contribution < -0.4 is 10.6 Å². The molecule has 3 N–H and O–H groups in total. The highest BCUT2D eigenvalue weighted by atomic mass is 35.5. The van der Waals surface area contributed by atoms with Gasteiger partial charge in [0.05, 0.1) is 54.5 Å². The van der Waals surface area contributed by atoms with Gasteiger partial charge in [0, 0.05) is 12.2 Å². The first-order valence-electron chi connectivity index (χ1n) is 10.6. The standard InChI is InChI=1S/C21H29Cl2N3O5/c1-2-7-24-20(28)9-15-4-6-18-19(31-15)12-30-11-14(27)10-26(18)21(29)25-13-3-5-16(22)17(23)8-13/h3,5,8,14-15,18-19,27H,2,4,6-7,9-12H2,1H3,(H,24,28)(H,25,29)/t14-,15+,18-,19+/m1/s1. The molecular formula is C21H29Cl2N3O5. The van der Waals surface area contributed by atoms with Crippen molar-refractivity contribution in [3.63, 3.8) is 0 Å². The fourth-order valence-corrected chi connectivity index (χ4v) is 4.19. The average Bonchev–Trinajstić information content (AvgIpc) is 2.72. The molecule has 3 amide bonds. The van der Waals surface area contributed by atoms with Crippen LogP contribution in [0.15, 0.2) is 18.2 Å². The van der Waals surface area contributed by atoms with Gasteiger partial charge in [0.1, 0.15) is 6.10 Å². The van der Waals surface area contributed by atoms with Crippen LogP contribution in [-0.2, 0) is 14.3 Å². The molecule has 31 heavy (non-hydrogen) atoms. The lowest BCUT2D eigenvalue weighted by Gasteiger charge is -2.44. The van der Waals surface area contributed by atoms with E-state index in [9.17, 15) is 14.7 Å². The first kappa shape index (κ1) is 24.1. The molecule has 172 valence electrons. The van der Waals surface area contributed by atoms with Crippen LogP contribution in [0.2, 0.25) is 10.0 Å². The first-order valence-corrected chi connectivity index (χ1v) is 11.3. The Labute approximate surface area is 192 Å². The lowest BCUT2D eigenvalue weighted by Crippen LogP contribution is -2.58. The summed E-state index contributed by atoms with van der Waals surface area (Å²) in [7, 11) is 0. The molecule has 2 saturated heterocycles. The van der Waals surface area contributed by atoms with Crippen LogP contribution in [0, 0.1) is 0 Å². The van der Waals surface area contributed by atoms with Crippen molar-refractivity contribution in [3.05, 3.63) is 28.2 Å². The van der Waals surface area contributed by atoms with Gasteiger partial charge in [-0.25, -0.2) is 4.79 Å². The maximum Gasteiger partial charge on any atom is 0.322 e. The number of aliphatic hydroxyl groups is 1. The summed E-state index contributed by atoms with van der Waals surface area (Å²) in [6, 6.07) is 4.20. The van der Waals surface area contributed by atoms with Crippen molar-refractivity contribution in [2.24, 2.45) is 0 Å². The maximum absolute atomic E-state index is 13.1. The number of carbonyl (C=O) groups excluding carboxylic acids is 2. The number of urea groups is 1. The summed E-state index contributed by atoms with van der Waals surface area (Å²) in [5.74, 6) is -0.0401. The summed E-state index contributed by atoms with van der Waals surface area (Å²) < 4.78 is 11.7. The van der Waals surface area contributed by atoms with Crippen LogP contribution in [0.4, 0.5) is 10.5 Å². The Morgan fingerprint density at radius 1 is 1.23 bits per heavy atom. The molecule has 8 nitrogen and oxygen atoms in total. The van der Waals surface area contributed by atoms with E-state index in [1.807, 2.05) is 6.92 Å². The van der Waals surface area contributed by atoms with Gasteiger partial charge in [-0.2, -0.15) is 0 Å². The summed E-state index contributed by atoms with van der Waals surface area (Å²) in [5.41, 5.74) is 0.506. The number of rotatable bonds is 5. The average molecular weight is 474 g/mol. The number of nitrogens with zero attached hydrogens (tertiary/aromatic N) is 1. The monoisotopic (exact) mass is 473 g/mol. The number of aliphatic hydroxyl groups excluding tert-OH is 1. The number of halogens is 2. The third-order valence-electron chi connectivity index (χ3n) is 5.40. The Hall–Kier alpha value is -1.58. The number of fused-ring (bicyclic) bond motifs is 1. The molecule has 4 atom stereocenters. The minimum absolute atomic E-state index is 0.0401. The number of nitrogens with one attached hydrogen (secondary N) is 2. The molecule has 0 aliphatic carbocycles. The number of carbonyl (C=O) groups is 2. The molecule has 3 rings (SSSR count). The van der Waals surface area contributed by atoms with Gasteiger partial charge in [0.25, 0.3) is 0 Å². The van der Waals surface area contributed by atoms with Crippen LogP contribution in [0.5, 0.6) is 0 Å². The molecule has 2 aliphatic rings.